The molecule has 1 rings (SSSR count). The molecule has 0 unspecified atom stereocenters. The number of hydroxylamine groups is 1. The van der Waals surface area contributed by atoms with E-state index in [1.54, 1.807) is 12.6 Å². The van der Waals surface area contributed by atoms with Crippen molar-refractivity contribution in [2.24, 2.45) is 0 Å². The molecule has 0 spiro atoms. The van der Waals surface area contributed by atoms with Gasteiger partial charge >= 0.3 is 0 Å². The van der Waals surface area contributed by atoms with Crippen molar-refractivity contribution in [3.05, 3.63) is 18.4 Å². The second kappa shape index (κ2) is 1.63. The normalized spacial score (nSPS) is 17.3. The lowest BCUT2D eigenvalue weighted by Crippen LogP contribution is -1.98. The first-order valence-electron chi connectivity index (χ1n) is 1.79. The molecule has 1 heterocycles. The summed E-state index contributed by atoms with van der Waals surface area (Å²) in [7, 11) is 0. The predicted molar refractivity (Wildman–Crippen MR) is 22.2 cm³/mol. The number of rotatable bonds is 0. The van der Waals surface area contributed by atoms with E-state index in [2.05, 4.69) is 10.3 Å². The SMILES string of the molecule is N#CC1=C[CH]NO1. The summed E-state index contributed by atoms with van der Waals surface area (Å²) < 4.78 is 0. The summed E-state index contributed by atoms with van der Waals surface area (Å²) in [6.07, 6.45) is 1.56. The Kier molecular flexibility index (Phi) is 0.966. The van der Waals surface area contributed by atoms with Crippen LogP contribution < -0.4 is 5.48 Å². The number of nitrogens with zero attached hydrogens (tertiary/aromatic N) is 1. The van der Waals surface area contributed by atoms with Gasteiger partial charge in [0, 0.05) is 0 Å². The highest BCUT2D eigenvalue weighted by atomic mass is 16.7. The number of nitriles is 1. The van der Waals surface area contributed by atoms with E-state index in [1.165, 1.54) is 0 Å². The number of allylic oxidation sites excluding steroid dienone is 1. The Hall–Kier alpha value is -1.01. The average molecular weight is 95.1 g/mol. The fraction of sp³-hybridized carbons (Fsp3) is 0. The molecule has 0 aromatic carbocycles. The van der Waals surface area contributed by atoms with Gasteiger partial charge in [-0.25, -0.2) is 0 Å². The maximum Gasteiger partial charge on any atom is 0.221 e. The summed E-state index contributed by atoms with van der Waals surface area (Å²) in [6, 6.07) is 1.81. The smallest absolute Gasteiger partial charge is 0.221 e. The molecule has 0 aromatic rings. The molecule has 35 valence electrons. The molecule has 0 fully saturated rings. The minimum atomic E-state index is 0.306. The molecule has 0 aromatic heterocycles. The van der Waals surface area contributed by atoms with E-state index >= 15 is 0 Å². The van der Waals surface area contributed by atoms with Gasteiger partial charge in [-0.05, 0) is 6.08 Å². The van der Waals surface area contributed by atoms with Crippen LogP contribution in [0.1, 0.15) is 0 Å². The van der Waals surface area contributed by atoms with Crippen LogP contribution in [0.3, 0.4) is 0 Å². The lowest BCUT2D eigenvalue weighted by atomic mass is 10.5. The van der Waals surface area contributed by atoms with E-state index < -0.39 is 0 Å². The molecule has 0 aliphatic carbocycles. The molecule has 0 atom stereocenters. The maximum absolute atomic E-state index is 8.06. The Morgan fingerprint density at radius 1 is 1.86 bits per heavy atom. The maximum atomic E-state index is 8.06. The van der Waals surface area contributed by atoms with Crippen molar-refractivity contribution in [1.29, 1.82) is 5.26 Å². The summed E-state index contributed by atoms with van der Waals surface area (Å²) in [5, 5.41) is 8.06. The van der Waals surface area contributed by atoms with Gasteiger partial charge in [-0.3, -0.25) is 0 Å². The molecule has 0 amide bonds. The van der Waals surface area contributed by atoms with Crippen molar-refractivity contribution in [2.75, 3.05) is 0 Å². The van der Waals surface area contributed by atoms with Crippen LogP contribution in [0.5, 0.6) is 0 Å². The lowest BCUT2D eigenvalue weighted by molar-refractivity contribution is 0.165. The third-order valence-corrected chi connectivity index (χ3v) is 0.582. The minimum absolute atomic E-state index is 0.306. The average Bonchev–Trinajstić information content (AvgIpc) is 2.14. The van der Waals surface area contributed by atoms with E-state index in [0.29, 0.717) is 5.76 Å². The second-order valence-corrected chi connectivity index (χ2v) is 1.03. The second-order valence-electron chi connectivity index (χ2n) is 1.03. The monoisotopic (exact) mass is 95.0 g/mol. The highest BCUT2D eigenvalue weighted by Crippen LogP contribution is 1.99. The van der Waals surface area contributed by atoms with Crippen molar-refractivity contribution < 1.29 is 4.84 Å². The zero-order valence-electron chi connectivity index (χ0n) is 3.51. The number of nitrogens with one attached hydrogen (secondary N) is 1. The summed E-state index contributed by atoms with van der Waals surface area (Å²) >= 11 is 0. The predicted octanol–water partition coefficient (Wildman–Crippen LogP) is 0.0905. The van der Waals surface area contributed by atoms with E-state index in [4.69, 9.17) is 5.26 Å². The molecule has 0 saturated carbocycles. The largest absolute Gasteiger partial charge is 0.397 e. The van der Waals surface area contributed by atoms with Crippen LogP contribution in [0.15, 0.2) is 11.8 Å². The minimum Gasteiger partial charge on any atom is -0.397 e. The fourth-order valence-corrected chi connectivity index (χ4v) is 0.301. The molecule has 1 N–H and O–H groups in total. The van der Waals surface area contributed by atoms with Crippen LogP contribution in [-0.2, 0) is 4.84 Å². The topological polar surface area (TPSA) is 45.0 Å². The van der Waals surface area contributed by atoms with Crippen LogP contribution in [0.25, 0.3) is 0 Å². The molecule has 7 heavy (non-hydrogen) atoms. The third-order valence-electron chi connectivity index (χ3n) is 0.582. The summed E-state index contributed by atoms with van der Waals surface area (Å²) in [5.74, 6) is 0.306. The Bertz CT molecular complexity index is 133. The van der Waals surface area contributed by atoms with E-state index in [0.717, 1.165) is 0 Å². The van der Waals surface area contributed by atoms with Gasteiger partial charge in [0.1, 0.15) is 6.07 Å². The van der Waals surface area contributed by atoms with Gasteiger partial charge in [-0.15, -0.1) is 5.48 Å². The van der Waals surface area contributed by atoms with Crippen molar-refractivity contribution in [3.63, 3.8) is 0 Å². The number of hydrogen-bond donors (Lipinski definition) is 1. The molecule has 0 saturated heterocycles. The highest BCUT2D eigenvalue weighted by Gasteiger charge is 2.00. The standard InChI is InChI=1S/C4H3N2O/c5-3-4-1-2-6-7-4/h1-2,6H. The molecule has 0 bridgehead atoms. The third kappa shape index (κ3) is 0.699. The van der Waals surface area contributed by atoms with Gasteiger partial charge in [0.2, 0.25) is 5.76 Å². The molecular formula is C4H3N2O. The van der Waals surface area contributed by atoms with Crippen molar-refractivity contribution >= 4 is 0 Å². The van der Waals surface area contributed by atoms with Gasteiger partial charge < -0.3 is 4.84 Å². The van der Waals surface area contributed by atoms with Gasteiger partial charge in [0.05, 0.1) is 6.54 Å². The zero-order chi connectivity index (χ0) is 5.11. The summed E-state index contributed by atoms with van der Waals surface area (Å²) in [4.78, 5) is 4.50. The Balaban J connectivity index is 2.57. The van der Waals surface area contributed by atoms with Crippen molar-refractivity contribution in [3.8, 4) is 6.07 Å². The zero-order valence-corrected chi connectivity index (χ0v) is 3.51. The van der Waals surface area contributed by atoms with Crippen LogP contribution in [0.4, 0.5) is 0 Å². The molecule has 1 aliphatic rings. The first-order chi connectivity index (χ1) is 3.43. The van der Waals surface area contributed by atoms with Gasteiger partial charge in [0.25, 0.3) is 0 Å². The molecule has 3 nitrogen and oxygen atoms in total. The van der Waals surface area contributed by atoms with Crippen LogP contribution in [0, 0.1) is 17.9 Å². The molecule has 1 aliphatic heterocycles. The van der Waals surface area contributed by atoms with Gasteiger partial charge in [-0.1, -0.05) is 0 Å². The fourth-order valence-electron chi connectivity index (χ4n) is 0.301. The van der Waals surface area contributed by atoms with Crippen molar-refractivity contribution in [2.45, 2.75) is 0 Å². The Labute approximate surface area is 41.1 Å². The van der Waals surface area contributed by atoms with Crippen molar-refractivity contribution in [1.82, 2.24) is 5.48 Å². The van der Waals surface area contributed by atoms with Crippen LogP contribution in [0.2, 0.25) is 0 Å². The van der Waals surface area contributed by atoms with E-state index in [9.17, 15) is 0 Å². The quantitative estimate of drug-likeness (QED) is 0.463. The van der Waals surface area contributed by atoms with Gasteiger partial charge in [-0.2, -0.15) is 5.26 Å². The Morgan fingerprint density at radius 3 is 3.00 bits per heavy atom. The highest BCUT2D eigenvalue weighted by molar-refractivity contribution is 5.18. The molecular weight excluding hydrogens is 92.1 g/mol. The van der Waals surface area contributed by atoms with Crippen LogP contribution >= 0.6 is 0 Å². The molecule has 1 radical (unpaired) electrons. The first kappa shape index (κ1) is 4.16. The lowest BCUT2D eigenvalue weighted by Gasteiger charge is -1.87. The van der Waals surface area contributed by atoms with Gasteiger partial charge in [0.15, 0.2) is 0 Å². The molecule has 3 heteroatoms. The number of hydrogen-bond acceptors (Lipinski definition) is 3. The summed E-state index contributed by atoms with van der Waals surface area (Å²) in [6.45, 7) is 1.55. The summed E-state index contributed by atoms with van der Waals surface area (Å²) in [5.41, 5.74) is 2.38. The van der Waals surface area contributed by atoms with E-state index in [1.807, 2.05) is 6.07 Å². The first-order valence-corrected chi connectivity index (χ1v) is 1.79. The van der Waals surface area contributed by atoms with E-state index in [-0.39, 0.29) is 0 Å². The Morgan fingerprint density at radius 2 is 2.71 bits per heavy atom. The van der Waals surface area contributed by atoms with Crippen LogP contribution in [-0.4, -0.2) is 0 Å².